The highest BCUT2D eigenvalue weighted by Crippen LogP contribution is 2.36. The van der Waals surface area contributed by atoms with Crippen LogP contribution in [0.15, 0.2) is 23.0 Å². The summed E-state index contributed by atoms with van der Waals surface area (Å²) in [7, 11) is 0. The van der Waals surface area contributed by atoms with E-state index < -0.39 is 0 Å². The highest BCUT2D eigenvalue weighted by atomic mass is 16.2. The summed E-state index contributed by atoms with van der Waals surface area (Å²) in [6, 6.07) is 4.75. The van der Waals surface area contributed by atoms with Gasteiger partial charge >= 0.3 is 0 Å². The van der Waals surface area contributed by atoms with Crippen molar-refractivity contribution in [3.05, 3.63) is 34.2 Å². The first-order valence-corrected chi connectivity index (χ1v) is 7.38. The molecule has 2 fully saturated rings. The Hall–Kier alpha value is -1.62. The van der Waals surface area contributed by atoms with Gasteiger partial charge in [-0.3, -0.25) is 9.59 Å². The average molecular weight is 275 g/mol. The maximum atomic E-state index is 12.5. The molecule has 2 aliphatic rings. The molecule has 5 nitrogen and oxygen atoms in total. The molecule has 1 aromatic heterocycles. The molecule has 1 atom stereocenters. The number of aromatic amines is 1. The third-order valence-corrected chi connectivity index (χ3v) is 4.51. The normalized spacial score (nSPS) is 26.7. The number of nitrogens with zero attached hydrogens (tertiary/aromatic N) is 1. The number of amides is 1. The van der Waals surface area contributed by atoms with Crippen LogP contribution in [0.5, 0.6) is 0 Å². The summed E-state index contributed by atoms with van der Waals surface area (Å²) in [5.41, 5.74) is 0.418. The number of rotatable bonds is 1. The van der Waals surface area contributed by atoms with Crippen LogP contribution >= 0.6 is 0 Å². The average Bonchev–Trinajstić information content (AvgIpc) is 2.47. The zero-order valence-corrected chi connectivity index (χ0v) is 11.7. The van der Waals surface area contributed by atoms with E-state index >= 15 is 0 Å². The minimum Gasteiger partial charge on any atom is -0.337 e. The third kappa shape index (κ3) is 2.63. The maximum absolute atomic E-state index is 12.5. The Morgan fingerprint density at radius 2 is 2.10 bits per heavy atom. The maximum Gasteiger partial charge on any atom is 0.270 e. The molecular formula is C15H21N3O2. The van der Waals surface area contributed by atoms with Crippen LogP contribution in [0.3, 0.4) is 0 Å². The van der Waals surface area contributed by atoms with Gasteiger partial charge in [0.15, 0.2) is 0 Å². The standard InChI is InChI=1S/C15H21N3O2/c19-13-5-1-4-12(17-13)14(20)18-9-3-7-15(11-18)6-2-8-16-10-15/h1,4-5,16H,2-3,6-11H2,(H,17,19). The van der Waals surface area contributed by atoms with Crippen LogP contribution in [0.2, 0.25) is 0 Å². The topological polar surface area (TPSA) is 65.2 Å². The van der Waals surface area contributed by atoms with Gasteiger partial charge in [0.2, 0.25) is 5.56 Å². The van der Waals surface area contributed by atoms with E-state index in [4.69, 9.17) is 0 Å². The van der Waals surface area contributed by atoms with E-state index in [9.17, 15) is 9.59 Å². The molecule has 1 spiro atoms. The second-order valence-corrected chi connectivity index (χ2v) is 6.04. The molecule has 3 rings (SSSR count). The zero-order valence-electron chi connectivity index (χ0n) is 11.7. The van der Waals surface area contributed by atoms with Crippen molar-refractivity contribution in [3.8, 4) is 0 Å². The van der Waals surface area contributed by atoms with E-state index in [-0.39, 0.29) is 16.9 Å². The van der Waals surface area contributed by atoms with Crippen molar-refractivity contribution in [2.24, 2.45) is 5.41 Å². The van der Waals surface area contributed by atoms with Gasteiger partial charge in [0.25, 0.3) is 5.91 Å². The molecular weight excluding hydrogens is 254 g/mol. The SMILES string of the molecule is O=C(c1cccc(=O)[nH]1)N1CCCC2(CCCNC2)C1. The largest absolute Gasteiger partial charge is 0.337 e. The molecule has 3 heterocycles. The lowest BCUT2D eigenvalue weighted by Gasteiger charge is -2.45. The van der Waals surface area contributed by atoms with Crippen LogP contribution in [0.4, 0.5) is 0 Å². The molecule has 0 aliphatic carbocycles. The second kappa shape index (κ2) is 5.40. The Kier molecular flexibility index (Phi) is 3.61. The zero-order chi connectivity index (χ0) is 14.0. The van der Waals surface area contributed by atoms with Crippen molar-refractivity contribution >= 4 is 5.91 Å². The lowest BCUT2D eigenvalue weighted by Crippen LogP contribution is -2.52. The van der Waals surface area contributed by atoms with Gasteiger partial charge in [0.1, 0.15) is 5.69 Å². The lowest BCUT2D eigenvalue weighted by molar-refractivity contribution is 0.0429. The number of likely N-dealkylation sites (tertiary alicyclic amines) is 1. The molecule has 1 aromatic rings. The fourth-order valence-electron chi connectivity index (χ4n) is 3.50. The molecule has 5 heteroatoms. The highest BCUT2D eigenvalue weighted by Gasteiger charge is 2.38. The van der Waals surface area contributed by atoms with Crippen LogP contribution in [-0.4, -0.2) is 42.0 Å². The van der Waals surface area contributed by atoms with Crippen molar-refractivity contribution < 1.29 is 4.79 Å². The van der Waals surface area contributed by atoms with Gasteiger partial charge < -0.3 is 15.2 Å². The monoisotopic (exact) mass is 275 g/mol. The van der Waals surface area contributed by atoms with Crippen molar-refractivity contribution in [2.45, 2.75) is 25.7 Å². The predicted octanol–water partition coefficient (Wildman–Crippen LogP) is 0.981. The lowest BCUT2D eigenvalue weighted by atomic mass is 9.74. The van der Waals surface area contributed by atoms with Gasteiger partial charge in [-0.25, -0.2) is 0 Å². The number of hydrogen-bond donors (Lipinski definition) is 2. The fraction of sp³-hybridized carbons (Fsp3) is 0.600. The molecule has 20 heavy (non-hydrogen) atoms. The van der Waals surface area contributed by atoms with Crippen molar-refractivity contribution in [3.63, 3.8) is 0 Å². The fourth-order valence-corrected chi connectivity index (χ4v) is 3.50. The summed E-state index contributed by atoms with van der Waals surface area (Å²) >= 11 is 0. The smallest absolute Gasteiger partial charge is 0.270 e. The van der Waals surface area contributed by atoms with Crippen LogP contribution < -0.4 is 10.9 Å². The van der Waals surface area contributed by atoms with Gasteiger partial charge in [0, 0.05) is 31.1 Å². The summed E-state index contributed by atoms with van der Waals surface area (Å²) in [4.78, 5) is 28.4. The van der Waals surface area contributed by atoms with E-state index in [1.54, 1.807) is 12.1 Å². The number of piperidine rings is 2. The molecule has 1 unspecified atom stereocenters. The Bertz CT molecular complexity index is 541. The Balaban J connectivity index is 1.76. The van der Waals surface area contributed by atoms with Gasteiger partial charge in [-0.1, -0.05) is 6.07 Å². The number of nitrogens with one attached hydrogen (secondary N) is 2. The first-order valence-electron chi connectivity index (χ1n) is 7.38. The van der Waals surface area contributed by atoms with Crippen LogP contribution in [0.25, 0.3) is 0 Å². The van der Waals surface area contributed by atoms with E-state index in [0.29, 0.717) is 5.69 Å². The molecule has 0 saturated carbocycles. The van der Waals surface area contributed by atoms with E-state index in [1.165, 1.54) is 25.3 Å². The van der Waals surface area contributed by atoms with Crippen molar-refractivity contribution in [1.29, 1.82) is 0 Å². The molecule has 108 valence electrons. The number of carbonyl (C=O) groups excluding carboxylic acids is 1. The summed E-state index contributed by atoms with van der Waals surface area (Å²) < 4.78 is 0. The first kappa shape index (κ1) is 13.4. The van der Waals surface area contributed by atoms with Gasteiger partial charge in [0.05, 0.1) is 0 Å². The number of aromatic nitrogens is 1. The summed E-state index contributed by atoms with van der Waals surface area (Å²) in [5.74, 6) is -0.0488. The van der Waals surface area contributed by atoms with Crippen LogP contribution in [-0.2, 0) is 0 Å². The number of carbonyl (C=O) groups is 1. The Morgan fingerprint density at radius 3 is 2.85 bits per heavy atom. The molecule has 1 amide bonds. The van der Waals surface area contributed by atoms with Crippen LogP contribution in [0, 0.1) is 5.41 Å². The second-order valence-electron chi connectivity index (χ2n) is 6.04. The van der Waals surface area contributed by atoms with Crippen molar-refractivity contribution in [1.82, 2.24) is 15.2 Å². The van der Waals surface area contributed by atoms with Gasteiger partial charge in [-0.05, 0) is 38.3 Å². The highest BCUT2D eigenvalue weighted by molar-refractivity contribution is 5.92. The third-order valence-electron chi connectivity index (χ3n) is 4.51. The number of pyridine rings is 1. The minimum absolute atomic E-state index is 0.0488. The Labute approximate surface area is 118 Å². The number of H-pyrrole nitrogens is 1. The van der Waals surface area contributed by atoms with Gasteiger partial charge in [-0.2, -0.15) is 0 Å². The summed E-state index contributed by atoms with van der Waals surface area (Å²) in [5, 5.41) is 3.46. The molecule has 2 aliphatic heterocycles. The quantitative estimate of drug-likeness (QED) is 0.803. The van der Waals surface area contributed by atoms with E-state index in [2.05, 4.69) is 10.3 Å². The predicted molar refractivity (Wildman–Crippen MR) is 76.7 cm³/mol. The van der Waals surface area contributed by atoms with Crippen molar-refractivity contribution in [2.75, 3.05) is 26.2 Å². The molecule has 2 saturated heterocycles. The van der Waals surface area contributed by atoms with E-state index in [1.807, 2.05) is 4.90 Å². The first-order chi connectivity index (χ1) is 9.69. The summed E-state index contributed by atoms with van der Waals surface area (Å²) in [6.07, 6.45) is 4.61. The van der Waals surface area contributed by atoms with Crippen LogP contribution in [0.1, 0.15) is 36.2 Å². The summed E-state index contributed by atoms with van der Waals surface area (Å²) in [6.45, 7) is 3.68. The van der Waals surface area contributed by atoms with Gasteiger partial charge in [-0.15, -0.1) is 0 Å². The molecule has 2 N–H and O–H groups in total. The molecule has 0 aromatic carbocycles. The van der Waals surface area contributed by atoms with E-state index in [0.717, 1.165) is 32.6 Å². The molecule has 0 radical (unpaired) electrons. The Morgan fingerprint density at radius 1 is 1.25 bits per heavy atom. The number of hydrogen-bond acceptors (Lipinski definition) is 3. The molecule has 0 bridgehead atoms. The minimum atomic E-state index is -0.220.